The van der Waals surface area contributed by atoms with E-state index in [1.807, 2.05) is 0 Å². The molecule has 0 atom stereocenters. The smallest absolute Gasteiger partial charge is 0.197 e. The Morgan fingerprint density at radius 3 is 2.73 bits per heavy atom. The molecule has 0 aromatic carbocycles. The van der Waals surface area contributed by atoms with E-state index in [9.17, 15) is 4.79 Å². The first-order valence-corrected chi connectivity index (χ1v) is 3.49. The average Bonchev–Trinajstić information content (AvgIpc) is 1.94. The van der Waals surface area contributed by atoms with Crippen molar-refractivity contribution in [1.29, 1.82) is 0 Å². The number of ketones is 1. The monoisotopic (exact) mass is 170 g/mol. The van der Waals surface area contributed by atoms with E-state index in [1.165, 1.54) is 13.1 Å². The third-order valence-electron chi connectivity index (χ3n) is 1.22. The minimum atomic E-state index is -0.174. The summed E-state index contributed by atoms with van der Waals surface area (Å²) in [5.41, 5.74) is 0.775. The molecule has 0 spiro atoms. The number of rotatable bonds is 1. The van der Waals surface area contributed by atoms with Gasteiger partial charge in [0.25, 0.3) is 0 Å². The number of hydrogen-bond donors (Lipinski definition) is 0. The van der Waals surface area contributed by atoms with Crippen molar-refractivity contribution in [2.24, 2.45) is 0 Å². The minimum absolute atomic E-state index is 0.167. The molecule has 0 aliphatic heterocycles. The van der Waals surface area contributed by atoms with E-state index in [0.29, 0.717) is 5.15 Å². The maximum Gasteiger partial charge on any atom is 0.197 e. The van der Waals surface area contributed by atoms with Gasteiger partial charge in [0.1, 0.15) is 5.15 Å². The number of halogens is 1. The summed E-state index contributed by atoms with van der Waals surface area (Å²) in [6.45, 7) is 3.19. The highest BCUT2D eigenvalue weighted by molar-refractivity contribution is 6.30. The predicted molar refractivity (Wildman–Crippen MR) is 41.8 cm³/mol. The van der Waals surface area contributed by atoms with Crippen LogP contribution in [0.3, 0.4) is 0 Å². The Balaban J connectivity index is 3.15. The van der Waals surface area contributed by atoms with Crippen LogP contribution in [0.5, 0.6) is 0 Å². The lowest BCUT2D eigenvalue weighted by molar-refractivity contribution is 0.100. The number of hydrogen-bond acceptors (Lipinski definition) is 3. The Hall–Kier alpha value is -0.960. The van der Waals surface area contributed by atoms with Crippen molar-refractivity contribution in [3.63, 3.8) is 0 Å². The standard InChI is InChI=1S/C7H7ClN2O/c1-4-3-9-7(5(2)11)10-6(4)8/h3H,1-2H3. The molecule has 0 saturated heterocycles. The van der Waals surface area contributed by atoms with E-state index in [0.717, 1.165) is 5.56 Å². The van der Waals surface area contributed by atoms with Gasteiger partial charge >= 0.3 is 0 Å². The first-order chi connectivity index (χ1) is 5.11. The zero-order valence-corrected chi connectivity index (χ0v) is 7.01. The SMILES string of the molecule is CC(=O)c1ncc(C)c(Cl)n1. The second kappa shape index (κ2) is 2.96. The molecule has 1 rings (SSSR count). The Kier molecular flexibility index (Phi) is 2.19. The Morgan fingerprint density at radius 1 is 1.64 bits per heavy atom. The number of aromatic nitrogens is 2. The first-order valence-electron chi connectivity index (χ1n) is 3.11. The van der Waals surface area contributed by atoms with E-state index < -0.39 is 0 Å². The first kappa shape index (κ1) is 8.14. The molecule has 0 saturated carbocycles. The highest BCUT2D eigenvalue weighted by atomic mass is 35.5. The number of carbonyl (C=O) groups excluding carboxylic acids is 1. The molecule has 4 heteroatoms. The summed E-state index contributed by atoms with van der Waals surface area (Å²) in [5.74, 6) is -0.00694. The molecule has 1 heterocycles. The highest BCUT2D eigenvalue weighted by Gasteiger charge is 2.04. The van der Waals surface area contributed by atoms with Crippen LogP contribution in [0, 0.1) is 6.92 Å². The van der Waals surface area contributed by atoms with Crippen molar-refractivity contribution in [3.8, 4) is 0 Å². The van der Waals surface area contributed by atoms with Crippen LogP contribution in [0.1, 0.15) is 23.1 Å². The second-order valence-electron chi connectivity index (χ2n) is 2.22. The molecule has 58 valence electrons. The average molecular weight is 171 g/mol. The van der Waals surface area contributed by atoms with Gasteiger partial charge in [-0.1, -0.05) is 11.6 Å². The Morgan fingerprint density at radius 2 is 2.27 bits per heavy atom. The van der Waals surface area contributed by atoms with E-state index in [4.69, 9.17) is 11.6 Å². The number of aryl methyl sites for hydroxylation is 1. The van der Waals surface area contributed by atoms with Crippen molar-refractivity contribution in [1.82, 2.24) is 9.97 Å². The molecule has 0 amide bonds. The topological polar surface area (TPSA) is 42.9 Å². The zero-order chi connectivity index (χ0) is 8.43. The summed E-state index contributed by atoms with van der Waals surface area (Å²) < 4.78 is 0. The van der Waals surface area contributed by atoms with Gasteiger partial charge in [-0.15, -0.1) is 0 Å². The molecular weight excluding hydrogens is 164 g/mol. The van der Waals surface area contributed by atoms with Gasteiger partial charge in [-0.05, 0) is 6.92 Å². The molecule has 0 radical (unpaired) electrons. The lowest BCUT2D eigenvalue weighted by Gasteiger charge is -1.96. The zero-order valence-electron chi connectivity index (χ0n) is 6.26. The molecule has 1 aromatic rings. The highest BCUT2D eigenvalue weighted by Crippen LogP contribution is 2.09. The fourth-order valence-corrected chi connectivity index (χ4v) is 0.720. The van der Waals surface area contributed by atoms with Gasteiger partial charge in [0.05, 0.1) is 0 Å². The summed E-state index contributed by atoms with van der Waals surface area (Å²) in [4.78, 5) is 18.3. The van der Waals surface area contributed by atoms with E-state index in [1.54, 1.807) is 6.92 Å². The molecule has 0 aliphatic carbocycles. The largest absolute Gasteiger partial charge is 0.291 e. The van der Waals surface area contributed by atoms with E-state index in [2.05, 4.69) is 9.97 Å². The summed E-state index contributed by atoms with van der Waals surface area (Å²) in [6, 6.07) is 0. The third-order valence-corrected chi connectivity index (χ3v) is 1.61. The molecule has 0 unspecified atom stereocenters. The van der Waals surface area contributed by atoms with Crippen LogP contribution in [0.25, 0.3) is 0 Å². The van der Waals surface area contributed by atoms with Gasteiger partial charge in [0, 0.05) is 18.7 Å². The predicted octanol–water partition coefficient (Wildman–Crippen LogP) is 1.64. The van der Waals surface area contributed by atoms with E-state index >= 15 is 0 Å². The molecule has 0 N–H and O–H groups in total. The Bertz CT molecular complexity index is 298. The third kappa shape index (κ3) is 1.74. The quantitative estimate of drug-likeness (QED) is 0.475. The summed E-state index contributed by atoms with van der Waals surface area (Å²) in [5, 5.41) is 0.338. The fourth-order valence-electron chi connectivity index (χ4n) is 0.591. The molecule has 11 heavy (non-hydrogen) atoms. The Labute approximate surface area is 69.4 Å². The number of nitrogens with zero attached hydrogens (tertiary/aromatic N) is 2. The lowest BCUT2D eigenvalue weighted by atomic mass is 10.3. The summed E-state index contributed by atoms with van der Waals surface area (Å²) >= 11 is 5.65. The summed E-state index contributed by atoms with van der Waals surface area (Å²) in [6.07, 6.45) is 1.53. The van der Waals surface area contributed by atoms with Crippen LogP contribution in [0.15, 0.2) is 6.20 Å². The van der Waals surface area contributed by atoms with Crippen LogP contribution in [0.2, 0.25) is 5.15 Å². The van der Waals surface area contributed by atoms with Crippen molar-refractivity contribution >= 4 is 17.4 Å². The van der Waals surface area contributed by atoms with Crippen molar-refractivity contribution in [3.05, 3.63) is 22.7 Å². The van der Waals surface area contributed by atoms with Crippen molar-refractivity contribution in [2.75, 3.05) is 0 Å². The van der Waals surface area contributed by atoms with Gasteiger partial charge in [0.15, 0.2) is 11.6 Å². The molecule has 3 nitrogen and oxygen atoms in total. The fraction of sp³-hybridized carbons (Fsp3) is 0.286. The van der Waals surface area contributed by atoms with Gasteiger partial charge in [-0.3, -0.25) is 4.79 Å². The summed E-state index contributed by atoms with van der Waals surface area (Å²) in [7, 11) is 0. The van der Waals surface area contributed by atoms with Crippen molar-refractivity contribution < 1.29 is 4.79 Å². The minimum Gasteiger partial charge on any atom is -0.291 e. The maximum absolute atomic E-state index is 10.7. The normalized spacial score (nSPS) is 9.73. The number of carbonyl (C=O) groups is 1. The lowest BCUT2D eigenvalue weighted by Crippen LogP contribution is -2.01. The van der Waals surface area contributed by atoms with Crippen LogP contribution < -0.4 is 0 Å². The van der Waals surface area contributed by atoms with Gasteiger partial charge < -0.3 is 0 Å². The van der Waals surface area contributed by atoms with Crippen molar-refractivity contribution in [2.45, 2.75) is 13.8 Å². The molecule has 1 aromatic heterocycles. The van der Waals surface area contributed by atoms with Crippen LogP contribution in [-0.2, 0) is 0 Å². The maximum atomic E-state index is 10.7. The van der Waals surface area contributed by atoms with E-state index in [-0.39, 0.29) is 11.6 Å². The molecule has 0 aliphatic rings. The molecule has 0 fully saturated rings. The van der Waals surface area contributed by atoms with Gasteiger partial charge in [-0.25, -0.2) is 9.97 Å². The number of Topliss-reactive ketones (excluding diaryl/α,β-unsaturated/α-hetero) is 1. The van der Waals surface area contributed by atoms with Gasteiger partial charge in [0.2, 0.25) is 0 Å². The molecule has 0 bridgehead atoms. The molecular formula is C7H7ClN2O. The van der Waals surface area contributed by atoms with Gasteiger partial charge in [-0.2, -0.15) is 0 Å². The van der Waals surface area contributed by atoms with Crippen LogP contribution >= 0.6 is 11.6 Å². The van der Waals surface area contributed by atoms with Crippen LogP contribution in [-0.4, -0.2) is 15.8 Å². The second-order valence-corrected chi connectivity index (χ2v) is 2.58. The van der Waals surface area contributed by atoms with Crippen LogP contribution in [0.4, 0.5) is 0 Å².